The van der Waals surface area contributed by atoms with Gasteiger partial charge in [-0.05, 0) is 12.1 Å². The van der Waals surface area contributed by atoms with E-state index in [4.69, 9.17) is 0 Å². The monoisotopic (exact) mass is 302 g/mol. The molecule has 1 aromatic carbocycles. The highest BCUT2D eigenvalue weighted by atomic mass is 32.1. The number of benzene rings is 1. The summed E-state index contributed by atoms with van der Waals surface area (Å²) in [6.45, 7) is 0.480. The Morgan fingerprint density at radius 1 is 1.33 bits per heavy atom. The lowest BCUT2D eigenvalue weighted by Crippen LogP contribution is -2.39. The van der Waals surface area contributed by atoms with Gasteiger partial charge in [0.2, 0.25) is 5.91 Å². The van der Waals surface area contributed by atoms with Crippen LogP contribution in [0.25, 0.3) is 0 Å². The summed E-state index contributed by atoms with van der Waals surface area (Å²) in [6, 6.07) is 8.92. The highest BCUT2D eigenvalue weighted by molar-refractivity contribution is 7.13. The maximum Gasteiger partial charge on any atom is 0.321 e. The summed E-state index contributed by atoms with van der Waals surface area (Å²) in [5.74, 6) is 0.0146. The van der Waals surface area contributed by atoms with Crippen molar-refractivity contribution in [3.63, 3.8) is 0 Å². The van der Waals surface area contributed by atoms with Crippen LogP contribution in [0.4, 0.5) is 15.6 Å². The zero-order chi connectivity index (χ0) is 14.7. The standard InChI is InChI=1S/C14H14N4O2S/c19-12-8-10(9-18(12)11-4-2-1-3-5-11)16-13(20)17-14-15-6-7-21-14/h1-7,10H,8-9H2,(H2,15,16,17,20). The van der Waals surface area contributed by atoms with E-state index in [0.717, 1.165) is 5.69 Å². The Labute approximate surface area is 125 Å². The van der Waals surface area contributed by atoms with Crippen molar-refractivity contribution < 1.29 is 9.59 Å². The number of amides is 3. The topological polar surface area (TPSA) is 74.3 Å². The van der Waals surface area contributed by atoms with Crippen molar-refractivity contribution >= 4 is 34.1 Å². The first-order valence-electron chi connectivity index (χ1n) is 6.55. The highest BCUT2D eigenvalue weighted by Gasteiger charge is 2.31. The molecule has 2 heterocycles. The third kappa shape index (κ3) is 3.19. The molecule has 3 rings (SSSR count). The number of hydrogen-bond donors (Lipinski definition) is 2. The van der Waals surface area contributed by atoms with E-state index in [1.54, 1.807) is 16.5 Å². The van der Waals surface area contributed by atoms with Crippen molar-refractivity contribution in [3.8, 4) is 0 Å². The molecular weight excluding hydrogens is 288 g/mol. The summed E-state index contributed by atoms with van der Waals surface area (Å²) >= 11 is 1.35. The summed E-state index contributed by atoms with van der Waals surface area (Å²) in [6.07, 6.45) is 1.93. The second-order valence-electron chi connectivity index (χ2n) is 4.68. The molecule has 1 aromatic heterocycles. The van der Waals surface area contributed by atoms with E-state index in [1.807, 2.05) is 30.3 Å². The molecule has 0 saturated carbocycles. The van der Waals surface area contributed by atoms with E-state index in [1.165, 1.54) is 11.3 Å². The number of carbonyl (C=O) groups is 2. The van der Waals surface area contributed by atoms with Gasteiger partial charge in [-0.1, -0.05) is 18.2 Å². The lowest BCUT2D eigenvalue weighted by molar-refractivity contribution is -0.117. The second-order valence-corrected chi connectivity index (χ2v) is 5.57. The molecular formula is C14H14N4O2S. The van der Waals surface area contributed by atoms with Crippen LogP contribution in [0.3, 0.4) is 0 Å². The Morgan fingerprint density at radius 2 is 2.14 bits per heavy atom. The van der Waals surface area contributed by atoms with Crippen molar-refractivity contribution in [2.75, 3.05) is 16.8 Å². The van der Waals surface area contributed by atoms with Gasteiger partial charge in [-0.25, -0.2) is 9.78 Å². The fourth-order valence-corrected chi connectivity index (χ4v) is 2.79. The number of urea groups is 1. The number of nitrogens with one attached hydrogen (secondary N) is 2. The summed E-state index contributed by atoms with van der Waals surface area (Å²) in [5, 5.41) is 7.77. The highest BCUT2D eigenvalue weighted by Crippen LogP contribution is 2.21. The molecule has 2 N–H and O–H groups in total. The largest absolute Gasteiger partial charge is 0.333 e. The van der Waals surface area contributed by atoms with Gasteiger partial charge in [0.15, 0.2) is 5.13 Å². The van der Waals surface area contributed by atoms with Crippen LogP contribution < -0.4 is 15.5 Å². The van der Waals surface area contributed by atoms with E-state index in [9.17, 15) is 9.59 Å². The second kappa shape index (κ2) is 5.92. The van der Waals surface area contributed by atoms with E-state index in [-0.39, 0.29) is 18.0 Å². The molecule has 108 valence electrons. The predicted octanol–water partition coefficient (Wildman–Crippen LogP) is 2.07. The molecule has 1 aliphatic rings. The Morgan fingerprint density at radius 3 is 2.86 bits per heavy atom. The molecule has 0 bridgehead atoms. The van der Waals surface area contributed by atoms with Crippen molar-refractivity contribution in [2.24, 2.45) is 0 Å². The minimum absolute atomic E-state index is 0.0146. The number of anilines is 2. The molecule has 0 spiro atoms. The van der Waals surface area contributed by atoms with Crippen molar-refractivity contribution in [1.29, 1.82) is 0 Å². The van der Waals surface area contributed by atoms with Crippen molar-refractivity contribution in [1.82, 2.24) is 10.3 Å². The number of carbonyl (C=O) groups excluding carboxylic acids is 2. The molecule has 0 radical (unpaired) electrons. The number of nitrogens with zero attached hydrogens (tertiary/aromatic N) is 2. The summed E-state index contributed by atoms with van der Waals surface area (Å²) in [7, 11) is 0. The van der Waals surface area contributed by atoms with Crippen LogP contribution in [0.5, 0.6) is 0 Å². The first-order chi connectivity index (χ1) is 10.2. The smallest absolute Gasteiger partial charge is 0.321 e. The number of para-hydroxylation sites is 1. The quantitative estimate of drug-likeness (QED) is 0.911. The Balaban J connectivity index is 1.59. The fourth-order valence-electron chi connectivity index (χ4n) is 2.27. The first kappa shape index (κ1) is 13.6. The molecule has 1 saturated heterocycles. The summed E-state index contributed by atoms with van der Waals surface area (Å²) < 4.78 is 0. The molecule has 0 aliphatic carbocycles. The Kier molecular flexibility index (Phi) is 3.83. The van der Waals surface area contributed by atoms with Gasteiger partial charge in [-0.2, -0.15) is 0 Å². The van der Waals surface area contributed by atoms with Gasteiger partial charge in [0.1, 0.15) is 0 Å². The normalized spacial score (nSPS) is 17.8. The molecule has 3 amide bonds. The Hall–Kier alpha value is -2.41. The van der Waals surface area contributed by atoms with Gasteiger partial charge in [0.05, 0.1) is 6.04 Å². The van der Waals surface area contributed by atoms with E-state index >= 15 is 0 Å². The van der Waals surface area contributed by atoms with E-state index in [2.05, 4.69) is 15.6 Å². The van der Waals surface area contributed by atoms with Crippen LogP contribution in [0, 0.1) is 0 Å². The number of aromatic nitrogens is 1. The molecule has 1 atom stereocenters. The lowest BCUT2D eigenvalue weighted by atomic mass is 10.2. The van der Waals surface area contributed by atoms with Crippen LogP contribution in [-0.4, -0.2) is 29.5 Å². The van der Waals surface area contributed by atoms with Gasteiger partial charge in [-0.3, -0.25) is 10.1 Å². The molecule has 7 heteroatoms. The molecule has 6 nitrogen and oxygen atoms in total. The SMILES string of the molecule is O=C(Nc1nccs1)NC1CC(=O)N(c2ccccc2)C1. The first-order valence-corrected chi connectivity index (χ1v) is 7.43. The van der Waals surface area contributed by atoms with Gasteiger partial charge < -0.3 is 10.2 Å². The predicted molar refractivity (Wildman–Crippen MR) is 81.5 cm³/mol. The number of hydrogen-bond acceptors (Lipinski definition) is 4. The van der Waals surface area contributed by atoms with Crippen LogP contribution in [-0.2, 0) is 4.79 Å². The zero-order valence-electron chi connectivity index (χ0n) is 11.2. The van der Waals surface area contributed by atoms with Gasteiger partial charge >= 0.3 is 6.03 Å². The zero-order valence-corrected chi connectivity index (χ0v) is 12.0. The molecule has 1 fully saturated rings. The van der Waals surface area contributed by atoms with E-state index in [0.29, 0.717) is 18.1 Å². The molecule has 1 aliphatic heterocycles. The van der Waals surface area contributed by atoms with Gasteiger partial charge in [-0.15, -0.1) is 11.3 Å². The summed E-state index contributed by atoms with van der Waals surface area (Å²) in [5.41, 5.74) is 0.854. The number of rotatable bonds is 3. The van der Waals surface area contributed by atoms with Crippen molar-refractivity contribution in [3.05, 3.63) is 41.9 Å². The average Bonchev–Trinajstić information content (AvgIpc) is 3.09. The maximum absolute atomic E-state index is 12.0. The minimum Gasteiger partial charge on any atom is -0.333 e. The maximum atomic E-state index is 12.0. The lowest BCUT2D eigenvalue weighted by Gasteiger charge is -2.17. The summed E-state index contributed by atoms with van der Waals surface area (Å²) in [4.78, 5) is 29.5. The third-order valence-corrected chi connectivity index (χ3v) is 3.87. The molecule has 21 heavy (non-hydrogen) atoms. The minimum atomic E-state index is -0.335. The third-order valence-electron chi connectivity index (χ3n) is 3.18. The van der Waals surface area contributed by atoms with Crippen LogP contribution in [0.2, 0.25) is 0 Å². The fraction of sp³-hybridized carbons (Fsp3) is 0.214. The van der Waals surface area contributed by atoms with Gasteiger partial charge in [0, 0.05) is 30.2 Å². The van der Waals surface area contributed by atoms with Crippen LogP contribution in [0.15, 0.2) is 41.9 Å². The average molecular weight is 302 g/mol. The van der Waals surface area contributed by atoms with Crippen LogP contribution in [0.1, 0.15) is 6.42 Å². The van der Waals surface area contributed by atoms with Gasteiger partial charge in [0.25, 0.3) is 0 Å². The number of thiazole rings is 1. The van der Waals surface area contributed by atoms with Crippen LogP contribution >= 0.6 is 11.3 Å². The van der Waals surface area contributed by atoms with E-state index < -0.39 is 0 Å². The molecule has 2 aromatic rings. The van der Waals surface area contributed by atoms with Crippen molar-refractivity contribution in [2.45, 2.75) is 12.5 Å². The molecule has 1 unspecified atom stereocenters. The Bertz CT molecular complexity index is 630.